The lowest BCUT2D eigenvalue weighted by Gasteiger charge is -2.10. The Morgan fingerprint density at radius 1 is 0.455 bits per heavy atom. The molecule has 0 bridgehead atoms. The molecule has 0 rings (SSSR count). The van der Waals surface area contributed by atoms with E-state index in [-0.39, 0.29) is 0 Å². The molecule has 0 aliphatic rings. The van der Waals surface area contributed by atoms with E-state index in [4.69, 9.17) is 0 Å². The largest absolute Gasteiger partial charge is 0.0654 e. The van der Waals surface area contributed by atoms with Crippen molar-refractivity contribution in [2.75, 3.05) is 0 Å². The summed E-state index contributed by atoms with van der Waals surface area (Å²) < 4.78 is 0. The van der Waals surface area contributed by atoms with Gasteiger partial charge in [0.2, 0.25) is 0 Å². The Hall–Kier alpha value is 0. The van der Waals surface area contributed by atoms with Crippen LogP contribution in [0.3, 0.4) is 0 Å². The smallest absolute Gasteiger partial charge is 0.0414 e. The Morgan fingerprint density at radius 3 is 1.05 bits per heavy atom. The van der Waals surface area contributed by atoms with Crippen molar-refractivity contribution in [1.82, 2.24) is 0 Å². The molecule has 0 aromatic heterocycles. The van der Waals surface area contributed by atoms with Crippen molar-refractivity contribution in [3.8, 4) is 0 Å². The van der Waals surface area contributed by atoms with Gasteiger partial charge in [-0.2, -0.15) is 0 Å². The van der Waals surface area contributed by atoms with Crippen molar-refractivity contribution in [2.45, 2.75) is 129 Å². The van der Waals surface area contributed by atoms with Gasteiger partial charge in [0.15, 0.2) is 0 Å². The molecular formula is C22H45. The quantitative estimate of drug-likeness (QED) is 0.223. The van der Waals surface area contributed by atoms with Crippen LogP contribution in [0.1, 0.15) is 129 Å². The van der Waals surface area contributed by atoms with Gasteiger partial charge in [0, 0.05) is 0 Å². The zero-order valence-corrected chi connectivity index (χ0v) is 16.0. The van der Waals surface area contributed by atoms with Gasteiger partial charge in [-0.05, 0) is 5.92 Å². The lowest BCUT2D eigenvalue weighted by Crippen LogP contribution is -1.95. The molecule has 0 nitrogen and oxygen atoms in total. The van der Waals surface area contributed by atoms with Crippen molar-refractivity contribution >= 4 is 0 Å². The normalized spacial score (nSPS) is 12.7. The maximum Gasteiger partial charge on any atom is -0.0414 e. The zero-order valence-electron chi connectivity index (χ0n) is 16.0. The van der Waals surface area contributed by atoms with Gasteiger partial charge in [-0.3, -0.25) is 0 Å². The molecule has 0 N–H and O–H groups in total. The minimum Gasteiger partial charge on any atom is -0.0654 e. The van der Waals surface area contributed by atoms with E-state index in [0.29, 0.717) is 0 Å². The van der Waals surface area contributed by atoms with Gasteiger partial charge in [-0.15, -0.1) is 0 Å². The summed E-state index contributed by atoms with van der Waals surface area (Å²) in [6, 6.07) is 0. The third kappa shape index (κ3) is 18.1. The van der Waals surface area contributed by atoms with Crippen LogP contribution in [0, 0.1) is 12.8 Å². The second kappa shape index (κ2) is 19.0. The minimum absolute atomic E-state index is 0.722. The Morgan fingerprint density at radius 2 is 0.727 bits per heavy atom. The van der Waals surface area contributed by atoms with Gasteiger partial charge >= 0.3 is 0 Å². The Bertz CT molecular complexity index is 184. The molecule has 1 unspecified atom stereocenters. The molecule has 0 fully saturated rings. The number of hydrogen-bond donors (Lipinski definition) is 0. The van der Waals surface area contributed by atoms with Crippen LogP contribution in [-0.4, -0.2) is 0 Å². The average molecular weight is 310 g/mol. The fraction of sp³-hybridized carbons (Fsp3) is 0.955. The van der Waals surface area contributed by atoms with E-state index in [1.54, 1.807) is 0 Å². The van der Waals surface area contributed by atoms with Crippen LogP contribution in [0.5, 0.6) is 0 Å². The molecular weight excluding hydrogens is 264 g/mol. The summed E-state index contributed by atoms with van der Waals surface area (Å²) in [6.45, 7) is 8.93. The standard InChI is InChI=1S/C22H45/c1-4-6-8-10-12-13-14-15-17-19-21-22(3)20-18-16-11-9-7-5-2/h22H,3-21H2,1-2H3. The van der Waals surface area contributed by atoms with E-state index in [9.17, 15) is 0 Å². The molecule has 0 aromatic rings. The Balaban J connectivity index is 3.10. The van der Waals surface area contributed by atoms with Crippen molar-refractivity contribution in [3.05, 3.63) is 6.92 Å². The first-order chi connectivity index (χ1) is 10.8. The van der Waals surface area contributed by atoms with Crippen LogP contribution in [0.4, 0.5) is 0 Å². The van der Waals surface area contributed by atoms with E-state index in [0.717, 1.165) is 5.92 Å². The average Bonchev–Trinajstić information content (AvgIpc) is 2.52. The SMILES string of the molecule is [CH2]C(CCCCCCCC)CCCCCCCCCCCC. The van der Waals surface area contributed by atoms with Gasteiger partial charge in [-0.25, -0.2) is 0 Å². The first-order valence-corrected chi connectivity index (χ1v) is 10.6. The van der Waals surface area contributed by atoms with Crippen molar-refractivity contribution in [2.24, 2.45) is 5.92 Å². The highest BCUT2D eigenvalue weighted by molar-refractivity contribution is 4.62. The third-order valence-corrected chi connectivity index (χ3v) is 4.93. The topological polar surface area (TPSA) is 0 Å². The second-order valence-corrected chi connectivity index (χ2v) is 7.39. The van der Waals surface area contributed by atoms with Crippen LogP contribution < -0.4 is 0 Å². The number of unbranched alkanes of at least 4 members (excludes halogenated alkanes) is 14. The summed E-state index contributed by atoms with van der Waals surface area (Å²) >= 11 is 0. The number of rotatable bonds is 18. The lowest BCUT2D eigenvalue weighted by molar-refractivity contribution is 0.461. The van der Waals surface area contributed by atoms with Gasteiger partial charge < -0.3 is 0 Å². The predicted molar refractivity (Wildman–Crippen MR) is 103 cm³/mol. The highest BCUT2D eigenvalue weighted by atomic mass is 14.1. The lowest BCUT2D eigenvalue weighted by atomic mass is 9.96. The second-order valence-electron chi connectivity index (χ2n) is 7.39. The molecule has 1 atom stereocenters. The van der Waals surface area contributed by atoms with Crippen LogP contribution >= 0.6 is 0 Å². The summed E-state index contributed by atoms with van der Waals surface area (Å²) in [5.41, 5.74) is 0. The van der Waals surface area contributed by atoms with Crippen molar-refractivity contribution in [3.63, 3.8) is 0 Å². The highest BCUT2D eigenvalue weighted by Crippen LogP contribution is 2.18. The van der Waals surface area contributed by atoms with Crippen LogP contribution in [0.2, 0.25) is 0 Å². The maximum absolute atomic E-state index is 4.35. The first-order valence-electron chi connectivity index (χ1n) is 10.6. The summed E-state index contributed by atoms with van der Waals surface area (Å²) in [7, 11) is 0. The van der Waals surface area contributed by atoms with Crippen molar-refractivity contribution < 1.29 is 0 Å². The van der Waals surface area contributed by atoms with E-state index < -0.39 is 0 Å². The van der Waals surface area contributed by atoms with E-state index in [1.165, 1.54) is 116 Å². The van der Waals surface area contributed by atoms with Crippen LogP contribution in [0.15, 0.2) is 0 Å². The number of hydrogen-bond acceptors (Lipinski definition) is 0. The maximum atomic E-state index is 4.35. The zero-order chi connectivity index (χ0) is 16.3. The summed E-state index contributed by atoms with van der Waals surface area (Å²) in [6.07, 6.45) is 25.7. The van der Waals surface area contributed by atoms with E-state index in [2.05, 4.69) is 20.8 Å². The van der Waals surface area contributed by atoms with Crippen LogP contribution in [0.25, 0.3) is 0 Å². The summed E-state index contributed by atoms with van der Waals surface area (Å²) in [4.78, 5) is 0. The summed E-state index contributed by atoms with van der Waals surface area (Å²) in [5, 5.41) is 0. The van der Waals surface area contributed by atoms with Gasteiger partial charge in [0.25, 0.3) is 0 Å². The van der Waals surface area contributed by atoms with Crippen LogP contribution in [-0.2, 0) is 0 Å². The molecule has 0 aliphatic heterocycles. The molecule has 0 spiro atoms. The molecule has 0 heteroatoms. The monoisotopic (exact) mass is 309 g/mol. The summed E-state index contributed by atoms with van der Waals surface area (Å²) in [5.74, 6) is 0.722. The third-order valence-electron chi connectivity index (χ3n) is 4.93. The van der Waals surface area contributed by atoms with Gasteiger partial charge in [0.05, 0.1) is 0 Å². The first kappa shape index (κ1) is 22.0. The van der Waals surface area contributed by atoms with Gasteiger partial charge in [-0.1, -0.05) is 136 Å². The molecule has 22 heavy (non-hydrogen) atoms. The highest BCUT2D eigenvalue weighted by Gasteiger charge is 2.02. The molecule has 0 aromatic carbocycles. The van der Waals surface area contributed by atoms with E-state index in [1.807, 2.05) is 0 Å². The fourth-order valence-corrected chi connectivity index (χ4v) is 3.28. The molecule has 0 saturated carbocycles. The molecule has 0 aliphatic carbocycles. The predicted octanol–water partition coefficient (Wildman–Crippen LogP) is 8.50. The molecule has 1 radical (unpaired) electrons. The molecule has 0 amide bonds. The van der Waals surface area contributed by atoms with Gasteiger partial charge in [0.1, 0.15) is 0 Å². The van der Waals surface area contributed by atoms with Crippen molar-refractivity contribution in [1.29, 1.82) is 0 Å². The molecule has 0 heterocycles. The molecule has 133 valence electrons. The Labute approximate surface area is 142 Å². The van der Waals surface area contributed by atoms with E-state index >= 15 is 0 Å². The molecule has 0 saturated heterocycles. The fourth-order valence-electron chi connectivity index (χ4n) is 3.28. The Kier molecular flexibility index (Phi) is 19.0. The minimum atomic E-state index is 0.722.